The van der Waals surface area contributed by atoms with Crippen molar-refractivity contribution in [2.75, 3.05) is 42.6 Å². The van der Waals surface area contributed by atoms with E-state index in [1.54, 1.807) is 18.5 Å². The molecule has 5 rings (SSSR count). The first-order valence-corrected chi connectivity index (χ1v) is 9.36. The van der Waals surface area contributed by atoms with Gasteiger partial charge in [0.15, 0.2) is 0 Å². The van der Waals surface area contributed by atoms with Crippen molar-refractivity contribution in [3.8, 4) is 17.1 Å². The van der Waals surface area contributed by atoms with Crippen molar-refractivity contribution < 1.29 is 9.84 Å². The number of pyridine rings is 2. The molecule has 0 unspecified atom stereocenters. The smallest absolute Gasteiger partial charge is 0.228 e. The molecule has 1 saturated heterocycles. The highest BCUT2D eigenvalue weighted by molar-refractivity contribution is 5.76. The van der Waals surface area contributed by atoms with Crippen LogP contribution >= 0.6 is 0 Å². The highest BCUT2D eigenvalue weighted by Gasteiger charge is 2.29. The molecule has 3 aromatic rings. The van der Waals surface area contributed by atoms with Crippen molar-refractivity contribution in [3.63, 3.8) is 0 Å². The van der Waals surface area contributed by atoms with Gasteiger partial charge in [0.1, 0.15) is 5.82 Å². The third-order valence-corrected chi connectivity index (χ3v) is 5.09. The lowest BCUT2D eigenvalue weighted by atomic mass is 10.1. The Bertz CT molecular complexity index is 974. The molecule has 0 aromatic carbocycles. The first kappa shape index (κ1) is 16.9. The first-order chi connectivity index (χ1) is 13.8. The molecule has 0 saturated carbocycles. The summed E-state index contributed by atoms with van der Waals surface area (Å²) in [6, 6.07) is 7.41. The summed E-state index contributed by atoms with van der Waals surface area (Å²) >= 11 is 0. The number of rotatable bonds is 3. The average Bonchev–Trinajstić information content (AvgIpc) is 3.19. The van der Waals surface area contributed by atoms with Crippen LogP contribution < -0.4 is 9.80 Å². The van der Waals surface area contributed by atoms with Crippen molar-refractivity contribution in [1.82, 2.24) is 19.9 Å². The number of morpholine rings is 1. The quantitative estimate of drug-likeness (QED) is 0.744. The number of fused-ring (bicyclic) bond motifs is 1. The second-order valence-corrected chi connectivity index (χ2v) is 6.79. The van der Waals surface area contributed by atoms with E-state index in [1.165, 1.54) is 0 Å². The Hall–Kier alpha value is -3.26. The van der Waals surface area contributed by atoms with Crippen LogP contribution in [0.3, 0.4) is 0 Å². The van der Waals surface area contributed by atoms with Crippen LogP contribution in [0.5, 0.6) is 5.88 Å². The van der Waals surface area contributed by atoms with Crippen LogP contribution in [0.4, 0.5) is 17.5 Å². The number of hydrogen-bond acceptors (Lipinski definition) is 8. The van der Waals surface area contributed by atoms with Crippen molar-refractivity contribution >= 4 is 17.5 Å². The Morgan fingerprint density at radius 2 is 1.89 bits per heavy atom. The lowest BCUT2D eigenvalue weighted by Crippen LogP contribution is -2.37. The van der Waals surface area contributed by atoms with Gasteiger partial charge >= 0.3 is 0 Å². The molecule has 28 heavy (non-hydrogen) atoms. The van der Waals surface area contributed by atoms with Gasteiger partial charge in [-0.25, -0.2) is 9.97 Å². The predicted molar refractivity (Wildman–Crippen MR) is 105 cm³/mol. The molecule has 2 aliphatic heterocycles. The number of aromatic nitrogens is 4. The summed E-state index contributed by atoms with van der Waals surface area (Å²) in [6.45, 7) is 3.68. The van der Waals surface area contributed by atoms with Crippen molar-refractivity contribution in [2.45, 2.75) is 6.42 Å². The van der Waals surface area contributed by atoms with E-state index in [1.807, 2.05) is 24.4 Å². The summed E-state index contributed by atoms with van der Waals surface area (Å²) in [4.78, 5) is 22.5. The van der Waals surface area contributed by atoms with E-state index in [0.717, 1.165) is 54.4 Å². The number of ether oxygens (including phenoxy) is 1. The third kappa shape index (κ3) is 3.01. The van der Waals surface area contributed by atoms with Gasteiger partial charge in [-0.15, -0.1) is 0 Å². The molecule has 8 heteroatoms. The lowest BCUT2D eigenvalue weighted by Gasteiger charge is -2.28. The third-order valence-electron chi connectivity index (χ3n) is 5.09. The zero-order valence-electron chi connectivity index (χ0n) is 15.3. The van der Waals surface area contributed by atoms with Crippen LogP contribution in [0, 0.1) is 0 Å². The fourth-order valence-corrected chi connectivity index (χ4v) is 3.68. The summed E-state index contributed by atoms with van der Waals surface area (Å²) in [5.74, 6) is 1.60. The normalized spacial score (nSPS) is 16.3. The minimum Gasteiger partial charge on any atom is -0.493 e. The number of nitrogens with zero attached hydrogens (tertiary/aromatic N) is 6. The Labute approximate surface area is 162 Å². The summed E-state index contributed by atoms with van der Waals surface area (Å²) < 4.78 is 5.48. The average molecular weight is 376 g/mol. The molecule has 142 valence electrons. The molecule has 0 aliphatic carbocycles. The molecule has 1 N–H and O–H groups in total. The fraction of sp³-hybridized carbons (Fsp3) is 0.300. The molecule has 1 fully saturated rings. The number of anilines is 3. The largest absolute Gasteiger partial charge is 0.493 e. The van der Waals surface area contributed by atoms with E-state index >= 15 is 0 Å². The van der Waals surface area contributed by atoms with Crippen LogP contribution in [-0.4, -0.2) is 57.9 Å². The highest BCUT2D eigenvalue weighted by Crippen LogP contribution is 2.39. The Kier molecular flexibility index (Phi) is 4.25. The molecule has 2 aliphatic rings. The minimum atomic E-state index is -0.000147. The van der Waals surface area contributed by atoms with Gasteiger partial charge in [-0.05, 0) is 24.6 Å². The molecular formula is C20H20N6O2. The monoisotopic (exact) mass is 376 g/mol. The van der Waals surface area contributed by atoms with Gasteiger partial charge in [0.2, 0.25) is 11.8 Å². The maximum Gasteiger partial charge on any atom is 0.228 e. The van der Waals surface area contributed by atoms with Gasteiger partial charge < -0.3 is 19.6 Å². The molecule has 8 nitrogen and oxygen atoms in total. The molecule has 3 aromatic heterocycles. The fourth-order valence-electron chi connectivity index (χ4n) is 3.68. The van der Waals surface area contributed by atoms with Crippen molar-refractivity contribution in [2.24, 2.45) is 0 Å². The Balaban J connectivity index is 1.64. The van der Waals surface area contributed by atoms with Gasteiger partial charge in [-0.1, -0.05) is 0 Å². The highest BCUT2D eigenvalue weighted by atomic mass is 16.5. The second-order valence-electron chi connectivity index (χ2n) is 6.79. The summed E-state index contributed by atoms with van der Waals surface area (Å²) in [5.41, 5.74) is 3.85. The van der Waals surface area contributed by atoms with Crippen molar-refractivity contribution in [1.29, 1.82) is 0 Å². The summed E-state index contributed by atoms with van der Waals surface area (Å²) in [7, 11) is 0. The van der Waals surface area contributed by atoms with Crippen molar-refractivity contribution in [3.05, 3.63) is 48.4 Å². The Morgan fingerprint density at radius 1 is 1.00 bits per heavy atom. The predicted octanol–water partition coefficient (Wildman–Crippen LogP) is 2.17. The summed E-state index contributed by atoms with van der Waals surface area (Å²) in [5, 5.41) is 9.57. The molecule has 0 amide bonds. The van der Waals surface area contributed by atoms with Crippen LogP contribution in [0.15, 0.2) is 42.9 Å². The molecule has 0 bridgehead atoms. The van der Waals surface area contributed by atoms with E-state index in [4.69, 9.17) is 14.7 Å². The zero-order valence-corrected chi connectivity index (χ0v) is 15.3. The molecule has 0 atom stereocenters. The summed E-state index contributed by atoms with van der Waals surface area (Å²) in [6.07, 6.45) is 6.12. The van der Waals surface area contributed by atoms with Gasteiger partial charge in [0, 0.05) is 49.2 Å². The van der Waals surface area contributed by atoms with Crippen LogP contribution in [0.2, 0.25) is 0 Å². The van der Waals surface area contributed by atoms with Gasteiger partial charge in [0.05, 0.1) is 30.8 Å². The standard InChI is InChI=1S/C20H20N6O2/c27-17-4-3-14(12-22-17)18-16-5-7-26(15-2-1-6-21-13-15)19(16)24-20(23-18)25-8-10-28-11-9-25/h1-4,6,12-13H,5,7-11H2,(H,22,27). The van der Waals surface area contributed by atoms with Gasteiger partial charge in [-0.3, -0.25) is 4.98 Å². The number of hydrogen-bond donors (Lipinski definition) is 1. The Morgan fingerprint density at radius 3 is 2.64 bits per heavy atom. The van der Waals surface area contributed by atoms with Crippen LogP contribution in [0.1, 0.15) is 5.56 Å². The second kappa shape index (κ2) is 7.05. The maximum atomic E-state index is 9.57. The molecule has 5 heterocycles. The van der Waals surface area contributed by atoms with Crippen LogP contribution in [-0.2, 0) is 11.2 Å². The molecule has 0 radical (unpaired) electrons. The van der Waals surface area contributed by atoms with E-state index in [9.17, 15) is 5.11 Å². The van der Waals surface area contributed by atoms with E-state index in [-0.39, 0.29) is 5.88 Å². The SMILES string of the molecule is Oc1ccc(-c2nc(N3CCOCC3)nc3c2CCN3c2cccnc2)cn1. The van der Waals surface area contributed by atoms with Gasteiger partial charge in [0.25, 0.3) is 0 Å². The van der Waals surface area contributed by atoms with Crippen LogP contribution in [0.25, 0.3) is 11.3 Å². The maximum absolute atomic E-state index is 9.57. The topological polar surface area (TPSA) is 87.5 Å². The minimum absolute atomic E-state index is 0.000147. The zero-order chi connectivity index (χ0) is 18.9. The van der Waals surface area contributed by atoms with E-state index in [0.29, 0.717) is 19.2 Å². The van der Waals surface area contributed by atoms with E-state index < -0.39 is 0 Å². The van der Waals surface area contributed by atoms with E-state index in [2.05, 4.69) is 19.8 Å². The first-order valence-electron chi connectivity index (χ1n) is 9.36. The molecule has 0 spiro atoms. The van der Waals surface area contributed by atoms with Gasteiger partial charge in [-0.2, -0.15) is 4.98 Å². The number of aromatic hydroxyl groups is 1. The molecular weight excluding hydrogens is 356 g/mol. The lowest BCUT2D eigenvalue weighted by molar-refractivity contribution is 0.122.